The first-order valence-electron chi connectivity index (χ1n) is 7.11. The van der Waals surface area contributed by atoms with E-state index in [4.69, 9.17) is 0 Å². The van der Waals surface area contributed by atoms with Crippen LogP contribution in [0.5, 0.6) is 0 Å². The monoisotopic (exact) mass is 265 g/mol. The molecule has 1 saturated carbocycles. The van der Waals surface area contributed by atoms with Crippen molar-refractivity contribution in [2.75, 3.05) is 18.5 Å². The SMILES string of the molecule is CCCn1ccnc(NCC2(CO)CCCC2)c1=O. The molecule has 19 heavy (non-hydrogen) atoms. The van der Waals surface area contributed by atoms with E-state index in [1.54, 1.807) is 17.0 Å². The number of aliphatic hydroxyl groups excluding tert-OH is 1. The minimum atomic E-state index is -0.0737. The normalized spacial score (nSPS) is 17.6. The molecule has 1 fully saturated rings. The summed E-state index contributed by atoms with van der Waals surface area (Å²) in [5.41, 5.74) is -0.144. The van der Waals surface area contributed by atoms with Gasteiger partial charge in [-0.05, 0) is 19.3 Å². The smallest absolute Gasteiger partial charge is 0.293 e. The van der Waals surface area contributed by atoms with E-state index >= 15 is 0 Å². The maximum atomic E-state index is 12.1. The van der Waals surface area contributed by atoms with E-state index in [9.17, 15) is 9.90 Å². The lowest BCUT2D eigenvalue weighted by Gasteiger charge is -2.26. The van der Waals surface area contributed by atoms with Crippen LogP contribution in [-0.2, 0) is 6.54 Å². The summed E-state index contributed by atoms with van der Waals surface area (Å²) in [6.07, 6.45) is 8.64. The van der Waals surface area contributed by atoms with Crippen molar-refractivity contribution >= 4 is 5.82 Å². The van der Waals surface area contributed by atoms with Gasteiger partial charge in [0.15, 0.2) is 5.82 Å². The van der Waals surface area contributed by atoms with Gasteiger partial charge in [0.2, 0.25) is 0 Å². The molecule has 0 atom stereocenters. The maximum Gasteiger partial charge on any atom is 0.293 e. The summed E-state index contributed by atoms with van der Waals surface area (Å²) in [7, 11) is 0. The van der Waals surface area contributed by atoms with Crippen molar-refractivity contribution in [1.82, 2.24) is 9.55 Å². The highest BCUT2D eigenvalue weighted by Gasteiger charge is 2.33. The summed E-state index contributed by atoms with van der Waals surface area (Å²) in [5, 5.41) is 12.7. The Hall–Kier alpha value is -1.36. The second kappa shape index (κ2) is 6.19. The fourth-order valence-electron chi connectivity index (χ4n) is 2.77. The topological polar surface area (TPSA) is 67.2 Å². The van der Waals surface area contributed by atoms with Gasteiger partial charge in [0.25, 0.3) is 5.56 Å². The van der Waals surface area contributed by atoms with Gasteiger partial charge in [0, 0.05) is 30.9 Å². The van der Waals surface area contributed by atoms with Crippen molar-refractivity contribution in [2.24, 2.45) is 5.41 Å². The van der Waals surface area contributed by atoms with Crippen LogP contribution in [0.1, 0.15) is 39.0 Å². The highest BCUT2D eigenvalue weighted by Crippen LogP contribution is 2.37. The van der Waals surface area contributed by atoms with Crippen LogP contribution in [0.2, 0.25) is 0 Å². The van der Waals surface area contributed by atoms with Crippen LogP contribution in [0.25, 0.3) is 0 Å². The maximum absolute atomic E-state index is 12.1. The van der Waals surface area contributed by atoms with Crippen molar-refractivity contribution < 1.29 is 5.11 Å². The molecule has 0 amide bonds. The van der Waals surface area contributed by atoms with Crippen molar-refractivity contribution in [1.29, 1.82) is 0 Å². The van der Waals surface area contributed by atoms with Crippen LogP contribution in [0.15, 0.2) is 17.2 Å². The van der Waals surface area contributed by atoms with Gasteiger partial charge in [-0.25, -0.2) is 4.98 Å². The van der Waals surface area contributed by atoms with Gasteiger partial charge in [0.1, 0.15) is 0 Å². The fourth-order valence-corrected chi connectivity index (χ4v) is 2.77. The number of hydrogen-bond acceptors (Lipinski definition) is 4. The van der Waals surface area contributed by atoms with Gasteiger partial charge < -0.3 is 15.0 Å². The number of aryl methyl sites for hydroxylation is 1. The Labute approximate surface area is 113 Å². The largest absolute Gasteiger partial charge is 0.396 e. The zero-order valence-electron chi connectivity index (χ0n) is 11.6. The van der Waals surface area contributed by atoms with Crippen molar-refractivity contribution in [2.45, 2.75) is 45.6 Å². The molecule has 0 spiro atoms. The lowest BCUT2D eigenvalue weighted by atomic mass is 9.87. The van der Waals surface area contributed by atoms with Crippen LogP contribution >= 0.6 is 0 Å². The average molecular weight is 265 g/mol. The number of nitrogens with zero attached hydrogens (tertiary/aromatic N) is 2. The van der Waals surface area contributed by atoms with E-state index in [0.717, 1.165) is 32.1 Å². The summed E-state index contributed by atoms with van der Waals surface area (Å²) >= 11 is 0. The van der Waals surface area contributed by atoms with Crippen LogP contribution < -0.4 is 10.9 Å². The first-order valence-corrected chi connectivity index (χ1v) is 7.11. The molecule has 5 heteroatoms. The summed E-state index contributed by atoms with van der Waals surface area (Å²) in [6, 6.07) is 0. The molecule has 2 N–H and O–H groups in total. The molecule has 0 aromatic carbocycles. The van der Waals surface area contributed by atoms with E-state index < -0.39 is 0 Å². The Bertz CT molecular complexity index is 464. The molecular formula is C14H23N3O2. The molecule has 0 radical (unpaired) electrons. The Kier molecular flexibility index (Phi) is 4.58. The van der Waals surface area contributed by atoms with E-state index in [1.165, 1.54) is 0 Å². The molecule has 1 heterocycles. The van der Waals surface area contributed by atoms with Crippen molar-refractivity contribution in [3.8, 4) is 0 Å². The van der Waals surface area contributed by atoms with Gasteiger partial charge in [0.05, 0.1) is 6.61 Å². The first-order chi connectivity index (χ1) is 9.21. The van der Waals surface area contributed by atoms with Crippen LogP contribution in [0.4, 0.5) is 5.82 Å². The van der Waals surface area contributed by atoms with E-state index in [0.29, 0.717) is 18.9 Å². The molecule has 0 bridgehead atoms. The first kappa shape index (κ1) is 14.1. The van der Waals surface area contributed by atoms with Crippen LogP contribution in [-0.4, -0.2) is 27.8 Å². The predicted octanol–water partition coefficient (Wildman–Crippen LogP) is 1.62. The van der Waals surface area contributed by atoms with E-state index in [2.05, 4.69) is 10.3 Å². The van der Waals surface area contributed by atoms with Gasteiger partial charge in [-0.1, -0.05) is 19.8 Å². The second-order valence-electron chi connectivity index (χ2n) is 5.49. The Morgan fingerprint density at radius 1 is 1.47 bits per heavy atom. The highest BCUT2D eigenvalue weighted by molar-refractivity contribution is 5.31. The third kappa shape index (κ3) is 3.15. The average Bonchev–Trinajstić information content (AvgIpc) is 2.89. The third-order valence-corrected chi connectivity index (χ3v) is 4.01. The minimum Gasteiger partial charge on any atom is -0.396 e. The molecule has 0 aliphatic heterocycles. The Morgan fingerprint density at radius 2 is 2.21 bits per heavy atom. The molecular weight excluding hydrogens is 242 g/mol. The number of aliphatic hydroxyl groups is 1. The zero-order valence-corrected chi connectivity index (χ0v) is 11.6. The van der Waals surface area contributed by atoms with E-state index in [-0.39, 0.29) is 17.6 Å². The Balaban J connectivity index is 2.07. The lowest BCUT2D eigenvalue weighted by molar-refractivity contribution is 0.142. The third-order valence-electron chi connectivity index (χ3n) is 4.01. The Morgan fingerprint density at radius 3 is 2.84 bits per heavy atom. The standard InChI is InChI=1S/C14H23N3O2/c1-2-8-17-9-7-15-12(13(17)19)16-10-14(11-18)5-3-4-6-14/h7,9,18H,2-6,8,10-11H2,1H3,(H,15,16). The molecule has 1 aliphatic rings. The lowest BCUT2D eigenvalue weighted by Crippen LogP contribution is -2.33. The van der Waals surface area contributed by atoms with Crippen molar-refractivity contribution in [3.05, 3.63) is 22.7 Å². The molecule has 1 aliphatic carbocycles. The van der Waals surface area contributed by atoms with Gasteiger partial charge in [-0.15, -0.1) is 0 Å². The summed E-state index contributed by atoms with van der Waals surface area (Å²) < 4.78 is 1.68. The van der Waals surface area contributed by atoms with Crippen LogP contribution in [0, 0.1) is 5.41 Å². The summed E-state index contributed by atoms with van der Waals surface area (Å²) in [6.45, 7) is 3.55. The summed E-state index contributed by atoms with van der Waals surface area (Å²) in [4.78, 5) is 16.3. The molecule has 0 saturated heterocycles. The van der Waals surface area contributed by atoms with Crippen molar-refractivity contribution in [3.63, 3.8) is 0 Å². The zero-order chi connectivity index (χ0) is 13.7. The predicted molar refractivity (Wildman–Crippen MR) is 75.3 cm³/mol. The van der Waals surface area contributed by atoms with Gasteiger partial charge >= 0.3 is 0 Å². The second-order valence-corrected chi connectivity index (χ2v) is 5.49. The number of hydrogen-bond donors (Lipinski definition) is 2. The molecule has 106 valence electrons. The number of nitrogens with one attached hydrogen (secondary N) is 1. The number of anilines is 1. The molecule has 2 rings (SSSR count). The highest BCUT2D eigenvalue weighted by atomic mass is 16.3. The molecule has 0 unspecified atom stereocenters. The summed E-state index contributed by atoms with van der Waals surface area (Å²) in [5.74, 6) is 0.399. The molecule has 5 nitrogen and oxygen atoms in total. The molecule has 1 aromatic rings. The van der Waals surface area contributed by atoms with Gasteiger partial charge in [-0.3, -0.25) is 4.79 Å². The van der Waals surface area contributed by atoms with Gasteiger partial charge in [-0.2, -0.15) is 0 Å². The molecule has 1 aromatic heterocycles. The number of aromatic nitrogens is 2. The number of rotatable bonds is 6. The minimum absolute atomic E-state index is 0.0699. The van der Waals surface area contributed by atoms with Crippen LogP contribution in [0.3, 0.4) is 0 Å². The quantitative estimate of drug-likeness (QED) is 0.820. The van der Waals surface area contributed by atoms with E-state index in [1.807, 2.05) is 6.92 Å². The fraction of sp³-hybridized carbons (Fsp3) is 0.714.